The average molecular weight is 285 g/mol. The molecule has 0 bridgehead atoms. The summed E-state index contributed by atoms with van der Waals surface area (Å²) in [4.78, 5) is 2.20. The molecule has 16 heavy (non-hydrogen) atoms. The topological polar surface area (TPSA) is 15.3 Å². The summed E-state index contributed by atoms with van der Waals surface area (Å²) in [6.45, 7) is 6.36. The summed E-state index contributed by atoms with van der Waals surface area (Å²) >= 11 is 3.56. The molecule has 0 saturated heterocycles. The first-order valence-corrected chi connectivity index (χ1v) is 6.42. The molecule has 1 N–H and O–H groups in total. The third-order valence-corrected chi connectivity index (χ3v) is 3.52. The maximum Gasteiger partial charge on any atom is 0.0211 e. The molecule has 1 aromatic rings. The fourth-order valence-corrected chi connectivity index (χ4v) is 2.15. The molecule has 1 aromatic carbocycles. The van der Waals surface area contributed by atoms with Crippen LogP contribution in [0.3, 0.4) is 0 Å². The van der Waals surface area contributed by atoms with E-state index in [0.717, 1.165) is 13.1 Å². The Morgan fingerprint density at radius 2 is 2.06 bits per heavy atom. The van der Waals surface area contributed by atoms with Crippen LogP contribution in [-0.4, -0.2) is 31.6 Å². The fraction of sp³-hybridized carbons (Fsp3) is 0.538. The summed E-state index contributed by atoms with van der Waals surface area (Å²) in [5.41, 5.74) is 2.69. The standard InChI is InChI=1S/C13H21BrN2/c1-10(9-16(3)4)15-8-12-6-5-7-13(14)11(12)2/h5-7,10,15H,8-9H2,1-4H3. The Morgan fingerprint density at radius 1 is 1.38 bits per heavy atom. The van der Waals surface area contributed by atoms with E-state index >= 15 is 0 Å². The molecule has 0 saturated carbocycles. The van der Waals surface area contributed by atoms with Gasteiger partial charge in [-0.05, 0) is 45.1 Å². The van der Waals surface area contributed by atoms with E-state index in [2.05, 4.69) is 72.3 Å². The molecule has 90 valence electrons. The summed E-state index contributed by atoms with van der Waals surface area (Å²) in [5, 5.41) is 3.54. The van der Waals surface area contributed by atoms with Crippen molar-refractivity contribution in [2.45, 2.75) is 26.4 Å². The number of nitrogens with one attached hydrogen (secondary N) is 1. The Morgan fingerprint density at radius 3 is 2.69 bits per heavy atom. The molecule has 0 spiro atoms. The summed E-state index contributed by atoms with van der Waals surface area (Å²) in [5.74, 6) is 0. The molecule has 0 aliphatic rings. The fourth-order valence-electron chi connectivity index (χ4n) is 1.74. The first-order valence-electron chi connectivity index (χ1n) is 5.63. The minimum absolute atomic E-state index is 0.508. The molecule has 0 radical (unpaired) electrons. The number of hydrogen-bond acceptors (Lipinski definition) is 2. The summed E-state index contributed by atoms with van der Waals surface area (Å²) < 4.78 is 1.19. The molecule has 1 atom stereocenters. The van der Waals surface area contributed by atoms with Gasteiger partial charge in [0, 0.05) is 23.6 Å². The average Bonchev–Trinajstić information content (AvgIpc) is 2.19. The van der Waals surface area contributed by atoms with Crippen LogP contribution in [0.15, 0.2) is 22.7 Å². The number of benzene rings is 1. The zero-order chi connectivity index (χ0) is 12.1. The van der Waals surface area contributed by atoms with Gasteiger partial charge < -0.3 is 10.2 Å². The van der Waals surface area contributed by atoms with E-state index in [-0.39, 0.29) is 0 Å². The summed E-state index contributed by atoms with van der Waals surface area (Å²) in [6, 6.07) is 6.86. The van der Waals surface area contributed by atoms with Crippen molar-refractivity contribution in [3.8, 4) is 0 Å². The van der Waals surface area contributed by atoms with Crippen LogP contribution in [0.5, 0.6) is 0 Å². The van der Waals surface area contributed by atoms with Gasteiger partial charge in [-0.3, -0.25) is 0 Å². The van der Waals surface area contributed by atoms with Gasteiger partial charge in [0.05, 0.1) is 0 Å². The minimum Gasteiger partial charge on any atom is -0.309 e. The van der Waals surface area contributed by atoms with Crippen LogP contribution in [0.2, 0.25) is 0 Å². The Labute approximate surface area is 107 Å². The molecule has 3 heteroatoms. The third-order valence-electron chi connectivity index (χ3n) is 2.66. The number of likely N-dealkylation sites (N-methyl/N-ethyl adjacent to an activating group) is 1. The maximum absolute atomic E-state index is 3.56. The largest absolute Gasteiger partial charge is 0.309 e. The first kappa shape index (κ1) is 13.7. The molecule has 0 fully saturated rings. The van der Waals surface area contributed by atoms with E-state index < -0.39 is 0 Å². The van der Waals surface area contributed by atoms with Gasteiger partial charge in [-0.2, -0.15) is 0 Å². The van der Waals surface area contributed by atoms with Gasteiger partial charge in [-0.25, -0.2) is 0 Å². The third kappa shape index (κ3) is 4.24. The van der Waals surface area contributed by atoms with E-state index in [1.165, 1.54) is 15.6 Å². The minimum atomic E-state index is 0.508. The quantitative estimate of drug-likeness (QED) is 0.895. The molecule has 0 aromatic heterocycles. The zero-order valence-corrected chi connectivity index (χ0v) is 12.1. The van der Waals surface area contributed by atoms with Gasteiger partial charge in [0.15, 0.2) is 0 Å². The number of halogens is 1. The van der Waals surface area contributed by atoms with Gasteiger partial charge in [-0.1, -0.05) is 28.1 Å². The van der Waals surface area contributed by atoms with Crippen LogP contribution in [0.1, 0.15) is 18.1 Å². The predicted molar refractivity (Wildman–Crippen MR) is 73.7 cm³/mol. The highest BCUT2D eigenvalue weighted by Crippen LogP contribution is 2.19. The maximum atomic E-state index is 3.56. The summed E-state index contributed by atoms with van der Waals surface area (Å²) in [6.07, 6.45) is 0. The monoisotopic (exact) mass is 284 g/mol. The van der Waals surface area contributed by atoms with Crippen LogP contribution < -0.4 is 5.32 Å². The van der Waals surface area contributed by atoms with E-state index in [1.54, 1.807) is 0 Å². The Kier molecular flexibility index (Phi) is 5.46. The SMILES string of the molecule is Cc1c(Br)cccc1CNC(C)CN(C)C. The molecule has 0 aliphatic carbocycles. The van der Waals surface area contributed by atoms with Gasteiger partial charge >= 0.3 is 0 Å². The summed E-state index contributed by atoms with van der Waals surface area (Å²) in [7, 11) is 4.20. The van der Waals surface area contributed by atoms with Crippen molar-refractivity contribution in [1.29, 1.82) is 0 Å². The van der Waals surface area contributed by atoms with E-state index in [4.69, 9.17) is 0 Å². The number of hydrogen-bond donors (Lipinski definition) is 1. The van der Waals surface area contributed by atoms with Crippen molar-refractivity contribution in [1.82, 2.24) is 10.2 Å². The highest BCUT2D eigenvalue weighted by atomic mass is 79.9. The molecule has 2 nitrogen and oxygen atoms in total. The molecular formula is C13H21BrN2. The van der Waals surface area contributed by atoms with E-state index in [1.807, 2.05) is 0 Å². The first-order chi connectivity index (χ1) is 7.50. The highest BCUT2D eigenvalue weighted by molar-refractivity contribution is 9.10. The van der Waals surface area contributed by atoms with Gasteiger partial charge in [0.25, 0.3) is 0 Å². The Balaban J connectivity index is 2.51. The van der Waals surface area contributed by atoms with Crippen LogP contribution in [0.4, 0.5) is 0 Å². The van der Waals surface area contributed by atoms with Crippen molar-refractivity contribution in [2.24, 2.45) is 0 Å². The molecule has 1 unspecified atom stereocenters. The Bertz CT molecular complexity index is 337. The zero-order valence-electron chi connectivity index (χ0n) is 10.5. The highest BCUT2D eigenvalue weighted by Gasteiger charge is 2.05. The molecule has 1 rings (SSSR count). The van der Waals surface area contributed by atoms with Crippen molar-refractivity contribution in [3.05, 3.63) is 33.8 Å². The van der Waals surface area contributed by atoms with E-state index in [0.29, 0.717) is 6.04 Å². The second-order valence-corrected chi connectivity index (χ2v) is 5.42. The van der Waals surface area contributed by atoms with E-state index in [9.17, 15) is 0 Å². The van der Waals surface area contributed by atoms with Crippen LogP contribution in [0, 0.1) is 6.92 Å². The van der Waals surface area contributed by atoms with Crippen LogP contribution >= 0.6 is 15.9 Å². The van der Waals surface area contributed by atoms with Gasteiger partial charge in [0.1, 0.15) is 0 Å². The van der Waals surface area contributed by atoms with Crippen molar-refractivity contribution >= 4 is 15.9 Å². The molecular weight excluding hydrogens is 264 g/mol. The second-order valence-electron chi connectivity index (χ2n) is 4.57. The lowest BCUT2D eigenvalue weighted by molar-refractivity contribution is 0.349. The number of rotatable bonds is 5. The van der Waals surface area contributed by atoms with Crippen molar-refractivity contribution in [2.75, 3.05) is 20.6 Å². The number of nitrogens with zero attached hydrogens (tertiary/aromatic N) is 1. The normalized spacial score (nSPS) is 13.1. The van der Waals surface area contributed by atoms with Crippen LogP contribution in [0.25, 0.3) is 0 Å². The molecule has 0 aliphatic heterocycles. The van der Waals surface area contributed by atoms with Gasteiger partial charge in [-0.15, -0.1) is 0 Å². The molecule has 0 amide bonds. The van der Waals surface area contributed by atoms with Crippen molar-refractivity contribution < 1.29 is 0 Å². The second kappa shape index (κ2) is 6.38. The predicted octanol–water partition coefficient (Wildman–Crippen LogP) is 2.80. The molecule has 0 heterocycles. The lowest BCUT2D eigenvalue weighted by atomic mass is 10.1. The lowest BCUT2D eigenvalue weighted by Gasteiger charge is -2.19. The Hall–Kier alpha value is -0.380. The van der Waals surface area contributed by atoms with Crippen molar-refractivity contribution in [3.63, 3.8) is 0 Å². The smallest absolute Gasteiger partial charge is 0.0211 e. The van der Waals surface area contributed by atoms with Crippen LogP contribution in [-0.2, 0) is 6.54 Å². The van der Waals surface area contributed by atoms with Gasteiger partial charge in [0.2, 0.25) is 0 Å². The lowest BCUT2D eigenvalue weighted by Crippen LogP contribution is -2.35.